The van der Waals surface area contributed by atoms with Gasteiger partial charge in [0.2, 0.25) is 5.91 Å². The molecule has 0 radical (unpaired) electrons. The summed E-state index contributed by atoms with van der Waals surface area (Å²) < 4.78 is 0. The lowest BCUT2D eigenvalue weighted by Crippen LogP contribution is -2.45. The number of nitrogens with zero attached hydrogens (tertiary/aromatic N) is 2. The number of benzene rings is 2. The van der Waals surface area contributed by atoms with Gasteiger partial charge in [-0.25, -0.2) is 4.98 Å². The molecule has 2 atom stereocenters. The van der Waals surface area contributed by atoms with Gasteiger partial charge in [-0.3, -0.25) is 4.79 Å². The molecule has 1 amide bonds. The number of hydrogen-bond acceptors (Lipinski definition) is 3. The molecule has 0 saturated carbocycles. The van der Waals surface area contributed by atoms with Crippen molar-refractivity contribution in [3.05, 3.63) is 66.2 Å². The lowest BCUT2D eigenvalue weighted by atomic mass is 9.86. The molecular weight excluding hydrogens is 326 g/mol. The quantitative estimate of drug-likeness (QED) is 0.761. The number of aliphatic hydroxyl groups is 1. The van der Waals surface area contributed by atoms with Crippen LogP contribution in [0.15, 0.2) is 55.0 Å². The third kappa shape index (κ3) is 3.48. The average Bonchev–Trinajstić information content (AvgIpc) is 3.19. The second kappa shape index (κ2) is 7.30. The van der Waals surface area contributed by atoms with E-state index in [1.54, 1.807) is 17.4 Å². The lowest BCUT2D eigenvalue weighted by Gasteiger charge is -2.36. The number of nitrogens with one attached hydrogen (secondary N) is 1. The fourth-order valence-corrected chi connectivity index (χ4v) is 3.81. The Morgan fingerprint density at radius 3 is 2.85 bits per heavy atom. The summed E-state index contributed by atoms with van der Waals surface area (Å²) in [4.78, 5) is 21.2. The Labute approximate surface area is 152 Å². The predicted molar refractivity (Wildman–Crippen MR) is 101 cm³/mol. The number of imidazole rings is 1. The van der Waals surface area contributed by atoms with E-state index < -0.39 is 6.10 Å². The van der Waals surface area contributed by atoms with Gasteiger partial charge in [0.15, 0.2) is 0 Å². The van der Waals surface area contributed by atoms with Crippen molar-refractivity contribution in [2.24, 2.45) is 0 Å². The summed E-state index contributed by atoms with van der Waals surface area (Å²) >= 11 is 0. The maximum atomic E-state index is 12.4. The first kappa shape index (κ1) is 16.8. The standard InChI is InChI=1S/C21H23N3O2/c25-20-13-24(21(26)8-7-18-12-22-14-23-18)10-9-19(20)17-6-5-15-3-1-2-4-16(15)11-17/h1-6,11-12,14,19-20,25H,7-10,13H2,(H,22,23)/t19-,20+/m0/s1. The average molecular weight is 349 g/mol. The van der Waals surface area contributed by atoms with E-state index in [1.165, 1.54) is 10.8 Å². The fourth-order valence-electron chi connectivity index (χ4n) is 3.81. The zero-order valence-electron chi connectivity index (χ0n) is 14.6. The van der Waals surface area contributed by atoms with Gasteiger partial charge in [0, 0.05) is 37.3 Å². The number of amides is 1. The number of aryl methyl sites for hydroxylation is 1. The summed E-state index contributed by atoms with van der Waals surface area (Å²) in [6.07, 6.45) is 4.72. The number of rotatable bonds is 4. The van der Waals surface area contributed by atoms with E-state index in [9.17, 15) is 9.90 Å². The highest BCUT2D eigenvalue weighted by atomic mass is 16.3. The molecule has 4 rings (SSSR count). The zero-order chi connectivity index (χ0) is 17.9. The number of H-pyrrole nitrogens is 1. The van der Waals surface area contributed by atoms with E-state index in [1.807, 2.05) is 12.1 Å². The van der Waals surface area contributed by atoms with Crippen LogP contribution in [0.4, 0.5) is 0 Å². The van der Waals surface area contributed by atoms with Crippen molar-refractivity contribution >= 4 is 16.7 Å². The molecule has 2 aromatic carbocycles. The normalized spacial score (nSPS) is 20.4. The van der Waals surface area contributed by atoms with Crippen molar-refractivity contribution in [3.63, 3.8) is 0 Å². The Hall–Kier alpha value is -2.66. The molecule has 5 heteroatoms. The van der Waals surface area contributed by atoms with Gasteiger partial charge in [0.1, 0.15) is 0 Å². The Bertz CT molecular complexity index is 891. The van der Waals surface area contributed by atoms with Crippen molar-refractivity contribution in [2.45, 2.75) is 31.3 Å². The van der Waals surface area contributed by atoms with Crippen molar-refractivity contribution in [2.75, 3.05) is 13.1 Å². The summed E-state index contributed by atoms with van der Waals surface area (Å²) in [5.74, 6) is 0.173. The summed E-state index contributed by atoms with van der Waals surface area (Å²) in [5, 5.41) is 13.1. The van der Waals surface area contributed by atoms with Crippen LogP contribution < -0.4 is 0 Å². The summed E-state index contributed by atoms with van der Waals surface area (Å²) in [5.41, 5.74) is 2.12. The highest BCUT2D eigenvalue weighted by Crippen LogP contribution is 2.30. The maximum absolute atomic E-state index is 12.4. The van der Waals surface area contributed by atoms with Crippen LogP contribution in [-0.2, 0) is 11.2 Å². The molecule has 2 heterocycles. The molecule has 1 aromatic heterocycles. The number of aromatic amines is 1. The molecule has 0 spiro atoms. The van der Waals surface area contributed by atoms with Crippen molar-refractivity contribution < 1.29 is 9.90 Å². The molecule has 26 heavy (non-hydrogen) atoms. The van der Waals surface area contributed by atoms with Crippen molar-refractivity contribution in [3.8, 4) is 0 Å². The number of carbonyl (C=O) groups excluding carboxylic acids is 1. The third-order valence-corrected chi connectivity index (χ3v) is 5.30. The first-order valence-electron chi connectivity index (χ1n) is 9.12. The van der Waals surface area contributed by atoms with E-state index in [0.29, 0.717) is 25.9 Å². The number of aromatic nitrogens is 2. The van der Waals surface area contributed by atoms with Gasteiger partial charge in [0.25, 0.3) is 0 Å². The van der Waals surface area contributed by atoms with Gasteiger partial charge in [-0.05, 0) is 29.2 Å². The number of piperidine rings is 1. The number of fused-ring (bicyclic) bond motifs is 1. The maximum Gasteiger partial charge on any atom is 0.223 e. The molecule has 2 N–H and O–H groups in total. The van der Waals surface area contributed by atoms with Gasteiger partial charge in [-0.2, -0.15) is 0 Å². The van der Waals surface area contributed by atoms with Crippen LogP contribution in [0.3, 0.4) is 0 Å². The molecule has 1 aliphatic rings. The van der Waals surface area contributed by atoms with Crippen LogP contribution in [-0.4, -0.2) is 45.1 Å². The SMILES string of the molecule is O=C(CCc1cnc[nH]1)N1CC[C@@H](c2ccc3ccccc3c2)[C@H](O)C1. The van der Waals surface area contributed by atoms with Crippen LogP contribution in [0.25, 0.3) is 10.8 Å². The number of β-amino-alcohol motifs (C(OH)–C–C–N with tert-alkyl or cyclic N) is 1. The Kier molecular flexibility index (Phi) is 4.71. The van der Waals surface area contributed by atoms with Gasteiger partial charge < -0.3 is 15.0 Å². The van der Waals surface area contributed by atoms with E-state index in [4.69, 9.17) is 0 Å². The van der Waals surface area contributed by atoms with E-state index >= 15 is 0 Å². The molecule has 1 fully saturated rings. The second-order valence-electron chi connectivity index (χ2n) is 6.99. The summed E-state index contributed by atoms with van der Waals surface area (Å²) in [6, 6.07) is 14.6. The number of hydrogen-bond donors (Lipinski definition) is 2. The van der Waals surface area contributed by atoms with Gasteiger partial charge in [-0.15, -0.1) is 0 Å². The van der Waals surface area contributed by atoms with Crippen LogP contribution in [0.2, 0.25) is 0 Å². The number of likely N-dealkylation sites (tertiary alicyclic amines) is 1. The largest absolute Gasteiger partial charge is 0.391 e. The molecule has 1 saturated heterocycles. The minimum absolute atomic E-state index is 0.0799. The Balaban J connectivity index is 1.40. The fraction of sp³-hybridized carbons (Fsp3) is 0.333. The van der Waals surface area contributed by atoms with Crippen LogP contribution >= 0.6 is 0 Å². The topological polar surface area (TPSA) is 69.2 Å². The molecule has 3 aromatic rings. The molecule has 5 nitrogen and oxygen atoms in total. The van der Waals surface area contributed by atoms with Gasteiger partial charge in [0.05, 0.1) is 12.4 Å². The van der Waals surface area contributed by atoms with E-state index in [2.05, 4.69) is 40.3 Å². The molecule has 1 aliphatic heterocycles. The van der Waals surface area contributed by atoms with Crippen LogP contribution in [0, 0.1) is 0 Å². The Morgan fingerprint density at radius 2 is 2.08 bits per heavy atom. The number of carbonyl (C=O) groups is 1. The van der Waals surface area contributed by atoms with Crippen molar-refractivity contribution in [1.82, 2.24) is 14.9 Å². The number of aliphatic hydroxyl groups excluding tert-OH is 1. The summed E-state index contributed by atoms with van der Waals surface area (Å²) in [6.45, 7) is 1.09. The van der Waals surface area contributed by atoms with E-state index in [-0.39, 0.29) is 11.8 Å². The van der Waals surface area contributed by atoms with E-state index in [0.717, 1.165) is 17.7 Å². The molecule has 134 valence electrons. The minimum Gasteiger partial charge on any atom is -0.391 e. The smallest absolute Gasteiger partial charge is 0.223 e. The molecular formula is C21H23N3O2. The Morgan fingerprint density at radius 1 is 1.23 bits per heavy atom. The highest BCUT2D eigenvalue weighted by Gasteiger charge is 2.31. The third-order valence-electron chi connectivity index (χ3n) is 5.30. The van der Waals surface area contributed by atoms with Crippen molar-refractivity contribution in [1.29, 1.82) is 0 Å². The van der Waals surface area contributed by atoms with Crippen LogP contribution in [0.5, 0.6) is 0 Å². The van der Waals surface area contributed by atoms with Gasteiger partial charge >= 0.3 is 0 Å². The minimum atomic E-state index is -0.527. The lowest BCUT2D eigenvalue weighted by molar-refractivity contribution is -0.134. The monoisotopic (exact) mass is 349 g/mol. The van der Waals surface area contributed by atoms with Gasteiger partial charge in [-0.1, -0.05) is 42.5 Å². The molecule has 0 unspecified atom stereocenters. The second-order valence-corrected chi connectivity index (χ2v) is 6.99. The van der Waals surface area contributed by atoms with Crippen LogP contribution in [0.1, 0.15) is 30.0 Å². The highest BCUT2D eigenvalue weighted by molar-refractivity contribution is 5.83. The first-order chi connectivity index (χ1) is 12.7. The molecule has 0 aliphatic carbocycles. The zero-order valence-corrected chi connectivity index (χ0v) is 14.6. The first-order valence-corrected chi connectivity index (χ1v) is 9.12. The molecule has 0 bridgehead atoms. The predicted octanol–water partition coefficient (Wildman–Crippen LogP) is 2.87. The summed E-state index contributed by atoms with van der Waals surface area (Å²) in [7, 11) is 0.